The maximum absolute atomic E-state index is 5.40. The van der Waals surface area contributed by atoms with Gasteiger partial charge < -0.3 is 13.7 Å². The van der Waals surface area contributed by atoms with Crippen LogP contribution >= 0.6 is 0 Å². The summed E-state index contributed by atoms with van der Waals surface area (Å²) < 4.78 is 7.40. The lowest BCUT2D eigenvalue weighted by atomic mass is 9.82. The molecule has 0 amide bonds. The quantitative estimate of drug-likeness (QED) is 0.160. The van der Waals surface area contributed by atoms with Crippen molar-refractivity contribution in [1.82, 2.24) is 23.7 Å². The van der Waals surface area contributed by atoms with Gasteiger partial charge in [0, 0.05) is 82.5 Å². The van der Waals surface area contributed by atoms with Crippen molar-refractivity contribution >= 4 is 76.2 Å². The molecule has 0 bridgehead atoms. The molecule has 5 nitrogen and oxygen atoms in total. The van der Waals surface area contributed by atoms with Crippen LogP contribution in [0.15, 0.2) is 297 Å². The SMILES string of the molecule is CC1(C)c2ccccc2-c2ccc(-n3c4ccccc4c4cc(-c5ccc6c(c5)c5cc(-c7ccc8c(c7)c7ccccc7n8-c7ccc(-c8nc(-c9ccccc9)nc9c8-c8cccc%10cccc-9c8%10)cc7)ccc5n6-c5ccc6c(c5)C(C)(C)c5ccccc5-6)ccc43)cc21. The number of hydrogen-bond acceptors (Lipinski definition) is 2. The van der Waals surface area contributed by atoms with Crippen LogP contribution in [0.1, 0.15) is 49.9 Å². The molecular weight excluding hydrogens is 1180 g/mol. The molecule has 3 aliphatic carbocycles. The van der Waals surface area contributed by atoms with Crippen LogP contribution in [0.25, 0.3) is 183 Å². The summed E-state index contributed by atoms with van der Waals surface area (Å²) in [5.74, 6) is 0.725. The second kappa shape index (κ2) is 19.7. The fraction of sp³-hybridized carbons (Fsp3) is 0.0652. The molecule has 0 spiro atoms. The van der Waals surface area contributed by atoms with Crippen LogP contribution in [0, 0.1) is 0 Å². The van der Waals surface area contributed by atoms with Gasteiger partial charge >= 0.3 is 0 Å². The van der Waals surface area contributed by atoms with Gasteiger partial charge in [0.2, 0.25) is 0 Å². The number of nitrogens with zero attached hydrogens (tertiary/aromatic N) is 5. The average Bonchev–Trinajstić information content (AvgIpc) is 1.59. The standard InChI is InChI=1S/C92H61N5/c1-91(2)76-28-12-8-22-64(76)66-42-40-62(52-78(66)91)96-81-31-15-11-25-69(81)73-49-58(35-45-83(73)96)60-37-47-85-75(51-60)74-50-59(36-46-84(74)97(85)63-41-43-67-65-23-9-13-29-77(65)92(3,4)79(67)53-63)57-34-44-82-72(48-57)68-24-10-14-30-80(68)95(82)61-38-32-55(33-39-61)88-87-70-26-16-20-54-21-17-27-71(86(54)70)89(87)94-90(93-88)56-18-6-5-7-19-56/h5-53H,1-4H3. The van der Waals surface area contributed by atoms with E-state index in [-0.39, 0.29) is 10.8 Å². The van der Waals surface area contributed by atoms with E-state index in [1.165, 1.54) is 143 Å². The third kappa shape index (κ3) is 7.59. The lowest BCUT2D eigenvalue weighted by molar-refractivity contribution is 0.660. The molecule has 0 fully saturated rings. The van der Waals surface area contributed by atoms with E-state index in [0.717, 1.165) is 61.9 Å². The predicted molar refractivity (Wildman–Crippen MR) is 404 cm³/mol. The Labute approximate surface area is 561 Å². The van der Waals surface area contributed by atoms with Gasteiger partial charge in [-0.15, -0.1) is 0 Å². The van der Waals surface area contributed by atoms with Gasteiger partial charge in [0.25, 0.3) is 0 Å². The van der Waals surface area contributed by atoms with E-state index < -0.39 is 0 Å². The minimum Gasteiger partial charge on any atom is -0.309 e. The largest absolute Gasteiger partial charge is 0.309 e. The third-order valence-corrected chi connectivity index (χ3v) is 22.2. The van der Waals surface area contributed by atoms with E-state index in [9.17, 15) is 0 Å². The van der Waals surface area contributed by atoms with E-state index in [1.807, 2.05) is 6.07 Å². The summed E-state index contributed by atoms with van der Waals surface area (Å²) in [5, 5.41) is 9.78. The molecule has 0 atom stereocenters. The third-order valence-electron chi connectivity index (χ3n) is 22.2. The lowest BCUT2D eigenvalue weighted by Gasteiger charge is -2.22. The molecule has 4 aromatic heterocycles. The van der Waals surface area contributed by atoms with E-state index in [4.69, 9.17) is 9.97 Å². The summed E-state index contributed by atoms with van der Waals surface area (Å²) in [6.07, 6.45) is 0. The van der Waals surface area contributed by atoms with Crippen molar-refractivity contribution in [3.63, 3.8) is 0 Å². The average molecular weight is 1240 g/mol. The Morgan fingerprint density at radius 1 is 0.247 bits per heavy atom. The molecule has 14 aromatic carbocycles. The van der Waals surface area contributed by atoms with E-state index in [1.54, 1.807) is 0 Å². The highest BCUT2D eigenvalue weighted by Gasteiger charge is 2.38. The number of para-hydroxylation sites is 2. The molecule has 454 valence electrons. The van der Waals surface area contributed by atoms with Crippen LogP contribution in [0.2, 0.25) is 0 Å². The number of hydrogen-bond donors (Lipinski definition) is 0. The van der Waals surface area contributed by atoms with Crippen LogP contribution in [0.5, 0.6) is 0 Å². The van der Waals surface area contributed by atoms with Crippen molar-refractivity contribution < 1.29 is 0 Å². The van der Waals surface area contributed by atoms with Crippen molar-refractivity contribution in [2.45, 2.75) is 38.5 Å². The number of aromatic nitrogens is 5. The first kappa shape index (κ1) is 54.2. The number of benzene rings is 14. The molecule has 0 aliphatic heterocycles. The smallest absolute Gasteiger partial charge is 0.160 e. The molecule has 0 saturated carbocycles. The number of rotatable bonds is 7. The first-order valence-electron chi connectivity index (χ1n) is 33.9. The Kier molecular flexibility index (Phi) is 11.0. The fourth-order valence-electron chi connectivity index (χ4n) is 17.5. The molecule has 4 heterocycles. The topological polar surface area (TPSA) is 40.6 Å². The summed E-state index contributed by atoms with van der Waals surface area (Å²) in [6.45, 7) is 9.49. The van der Waals surface area contributed by atoms with E-state index >= 15 is 0 Å². The minimum absolute atomic E-state index is 0.105. The molecule has 18 aromatic rings. The summed E-state index contributed by atoms with van der Waals surface area (Å²) in [5.41, 5.74) is 33.2. The predicted octanol–water partition coefficient (Wildman–Crippen LogP) is 23.8. The summed E-state index contributed by atoms with van der Waals surface area (Å²) in [7, 11) is 0. The molecular formula is C92H61N5. The van der Waals surface area contributed by atoms with Crippen LogP contribution in [0.4, 0.5) is 0 Å². The van der Waals surface area contributed by atoms with Crippen molar-refractivity contribution in [1.29, 1.82) is 0 Å². The maximum Gasteiger partial charge on any atom is 0.160 e. The first-order valence-corrected chi connectivity index (χ1v) is 33.9. The van der Waals surface area contributed by atoms with Gasteiger partial charge in [0.1, 0.15) is 0 Å². The Morgan fingerprint density at radius 2 is 0.629 bits per heavy atom. The van der Waals surface area contributed by atoms with Gasteiger partial charge in [-0.2, -0.15) is 0 Å². The second-order valence-corrected chi connectivity index (χ2v) is 28.0. The highest BCUT2D eigenvalue weighted by Crippen LogP contribution is 2.54. The van der Waals surface area contributed by atoms with E-state index in [0.29, 0.717) is 0 Å². The molecule has 3 aliphatic rings. The summed E-state index contributed by atoms with van der Waals surface area (Å²) in [4.78, 5) is 10.7. The van der Waals surface area contributed by atoms with Crippen LogP contribution < -0.4 is 0 Å². The van der Waals surface area contributed by atoms with Crippen molar-refractivity contribution in [2.75, 3.05) is 0 Å². The molecule has 5 heteroatoms. The molecule has 0 radical (unpaired) electrons. The van der Waals surface area contributed by atoms with Crippen LogP contribution in [-0.2, 0) is 10.8 Å². The first-order chi connectivity index (χ1) is 47.6. The monoisotopic (exact) mass is 1240 g/mol. The summed E-state index contributed by atoms with van der Waals surface area (Å²) in [6, 6.07) is 111. The normalized spacial score (nSPS) is 13.7. The highest BCUT2D eigenvalue weighted by molar-refractivity contribution is 6.18. The second-order valence-electron chi connectivity index (χ2n) is 28.0. The maximum atomic E-state index is 5.40. The molecule has 0 saturated heterocycles. The molecule has 0 unspecified atom stereocenters. The zero-order valence-corrected chi connectivity index (χ0v) is 54.0. The minimum atomic E-state index is -0.147. The van der Waals surface area contributed by atoms with Crippen molar-refractivity contribution in [2.24, 2.45) is 0 Å². The molecule has 0 N–H and O–H groups in total. The Morgan fingerprint density at radius 3 is 1.14 bits per heavy atom. The van der Waals surface area contributed by atoms with Crippen molar-refractivity contribution in [3.05, 3.63) is 320 Å². The number of fused-ring (bicyclic) bond motifs is 18. The van der Waals surface area contributed by atoms with E-state index in [2.05, 4.69) is 333 Å². The lowest BCUT2D eigenvalue weighted by Crippen LogP contribution is -2.15. The Hall–Kier alpha value is -12.2. The summed E-state index contributed by atoms with van der Waals surface area (Å²) >= 11 is 0. The van der Waals surface area contributed by atoms with Gasteiger partial charge in [0.05, 0.1) is 44.5 Å². The van der Waals surface area contributed by atoms with Gasteiger partial charge in [-0.05, 0) is 180 Å². The fourth-order valence-corrected chi connectivity index (χ4v) is 17.5. The highest BCUT2D eigenvalue weighted by atomic mass is 15.0. The van der Waals surface area contributed by atoms with Gasteiger partial charge in [-0.25, -0.2) is 9.97 Å². The zero-order chi connectivity index (χ0) is 64.2. The van der Waals surface area contributed by atoms with Crippen LogP contribution in [0.3, 0.4) is 0 Å². The molecule has 21 rings (SSSR count). The van der Waals surface area contributed by atoms with Crippen LogP contribution in [-0.4, -0.2) is 23.7 Å². The molecule has 97 heavy (non-hydrogen) atoms. The van der Waals surface area contributed by atoms with Gasteiger partial charge in [-0.1, -0.05) is 228 Å². The Balaban J connectivity index is 0.697. The van der Waals surface area contributed by atoms with Gasteiger partial charge in [0.15, 0.2) is 5.82 Å². The van der Waals surface area contributed by atoms with Crippen molar-refractivity contribution in [3.8, 4) is 107 Å². The Bertz CT molecular complexity index is 6480. The van der Waals surface area contributed by atoms with Gasteiger partial charge in [-0.3, -0.25) is 0 Å². The zero-order valence-electron chi connectivity index (χ0n) is 54.0.